The Morgan fingerprint density at radius 1 is 1.17 bits per heavy atom. The molecule has 1 amide bonds. The molecule has 6 heteroatoms. The van der Waals surface area contributed by atoms with Gasteiger partial charge in [0, 0.05) is 48.9 Å². The number of hydrogen-bond acceptors (Lipinski definition) is 4. The van der Waals surface area contributed by atoms with E-state index in [-0.39, 0.29) is 11.8 Å². The van der Waals surface area contributed by atoms with Crippen LogP contribution in [0.5, 0.6) is 0 Å². The van der Waals surface area contributed by atoms with E-state index in [2.05, 4.69) is 19.4 Å². The third-order valence-corrected chi connectivity index (χ3v) is 4.69. The second-order valence-corrected chi connectivity index (χ2v) is 6.22. The number of rotatable bonds is 2. The van der Waals surface area contributed by atoms with E-state index < -0.39 is 0 Å². The van der Waals surface area contributed by atoms with Gasteiger partial charge in [0.05, 0.1) is 17.9 Å². The fourth-order valence-electron chi connectivity index (χ4n) is 3.50. The molecule has 0 saturated carbocycles. The second kappa shape index (κ2) is 6.03. The van der Waals surface area contributed by atoms with Gasteiger partial charge in [-0.2, -0.15) is 0 Å². The zero-order chi connectivity index (χ0) is 16.5. The lowest BCUT2D eigenvalue weighted by molar-refractivity contribution is 0.0705. The van der Waals surface area contributed by atoms with Crippen LogP contribution in [-0.4, -0.2) is 43.2 Å². The molecule has 0 aromatic carbocycles. The highest BCUT2D eigenvalue weighted by Crippen LogP contribution is 2.28. The second-order valence-electron chi connectivity index (χ2n) is 6.22. The number of carbonyl (C=O) groups excluding carboxylic acids is 1. The summed E-state index contributed by atoms with van der Waals surface area (Å²) in [6.07, 6.45) is 10.9. The van der Waals surface area contributed by atoms with Crippen molar-refractivity contribution in [2.45, 2.75) is 25.7 Å². The van der Waals surface area contributed by atoms with E-state index in [1.165, 1.54) is 0 Å². The van der Waals surface area contributed by atoms with Gasteiger partial charge in [-0.05, 0) is 31.9 Å². The third-order valence-electron chi connectivity index (χ3n) is 4.69. The number of pyridine rings is 1. The number of carbonyl (C=O) groups is 1. The lowest BCUT2D eigenvalue weighted by Gasteiger charge is -2.33. The van der Waals surface area contributed by atoms with Crippen LogP contribution in [0.1, 0.15) is 40.6 Å². The zero-order valence-corrected chi connectivity index (χ0v) is 13.6. The third kappa shape index (κ3) is 2.54. The molecule has 6 nitrogen and oxygen atoms in total. The van der Waals surface area contributed by atoms with Gasteiger partial charge in [0.15, 0.2) is 0 Å². The van der Waals surface area contributed by atoms with Crippen LogP contribution in [0, 0.1) is 6.92 Å². The smallest absolute Gasteiger partial charge is 0.253 e. The van der Waals surface area contributed by atoms with Crippen molar-refractivity contribution in [3.63, 3.8) is 0 Å². The fraction of sp³-hybridized carbons (Fsp3) is 0.333. The number of amides is 1. The van der Waals surface area contributed by atoms with Crippen LogP contribution in [0.15, 0.2) is 43.1 Å². The highest BCUT2D eigenvalue weighted by molar-refractivity contribution is 5.94. The van der Waals surface area contributed by atoms with Gasteiger partial charge in [-0.15, -0.1) is 0 Å². The average molecular weight is 321 g/mol. The number of hydrogen-bond donors (Lipinski definition) is 0. The van der Waals surface area contributed by atoms with Crippen LogP contribution in [0.3, 0.4) is 0 Å². The maximum absolute atomic E-state index is 12.7. The molecule has 1 fully saturated rings. The minimum Gasteiger partial charge on any atom is -0.338 e. The van der Waals surface area contributed by atoms with Crippen LogP contribution in [0.2, 0.25) is 0 Å². The molecule has 4 heterocycles. The van der Waals surface area contributed by atoms with Crippen molar-refractivity contribution in [3.8, 4) is 0 Å². The number of piperidine rings is 1. The first-order chi connectivity index (χ1) is 11.7. The Labute approximate surface area is 140 Å². The molecular weight excluding hydrogens is 302 g/mol. The van der Waals surface area contributed by atoms with Crippen LogP contribution in [-0.2, 0) is 0 Å². The molecule has 0 spiro atoms. The summed E-state index contributed by atoms with van der Waals surface area (Å²) in [7, 11) is 0. The molecule has 0 N–H and O–H groups in total. The summed E-state index contributed by atoms with van der Waals surface area (Å²) in [6.45, 7) is 3.50. The van der Waals surface area contributed by atoms with Gasteiger partial charge in [0.25, 0.3) is 5.91 Å². The minimum absolute atomic E-state index is 0.0737. The van der Waals surface area contributed by atoms with Gasteiger partial charge >= 0.3 is 0 Å². The molecule has 1 aliphatic heterocycles. The van der Waals surface area contributed by atoms with Crippen molar-refractivity contribution in [2.75, 3.05) is 13.1 Å². The molecule has 3 aromatic heterocycles. The van der Waals surface area contributed by atoms with Gasteiger partial charge in [0.1, 0.15) is 5.82 Å². The summed E-state index contributed by atoms with van der Waals surface area (Å²) >= 11 is 0. The molecule has 1 atom stereocenters. The topological polar surface area (TPSA) is 63.4 Å². The monoisotopic (exact) mass is 321 g/mol. The Morgan fingerprint density at radius 3 is 2.83 bits per heavy atom. The summed E-state index contributed by atoms with van der Waals surface area (Å²) in [5, 5.41) is 0. The van der Waals surface area contributed by atoms with Crippen molar-refractivity contribution in [3.05, 3.63) is 60.2 Å². The van der Waals surface area contributed by atoms with Crippen LogP contribution in [0.4, 0.5) is 0 Å². The molecule has 0 aliphatic carbocycles. The quantitative estimate of drug-likeness (QED) is 0.727. The van der Waals surface area contributed by atoms with Gasteiger partial charge in [-0.3, -0.25) is 19.2 Å². The molecular formula is C18H19N5O. The predicted octanol–water partition coefficient (Wildman–Crippen LogP) is 2.45. The first kappa shape index (κ1) is 14.8. The zero-order valence-electron chi connectivity index (χ0n) is 13.6. The predicted molar refractivity (Wildman–Crippen MR) is 89.8 cm³/mol. The number of aryl methyl sites for hydroxylation is 1. The van der Waals surface area contributed by atoms with Crippen molar-refractivity contribution in [1.29, 1.82) is 0 Å². The van der Waals surface area contributed by atoms with E-state index in [1.54, 1.807) is 24.5 Å². The molecule has 4 rings (SSSR count). The normalized spacial score (nSPS) is 18.0. The minimum atomic E-state index is 0.0737. The van der Waals surface area contributed by atoms with Gasteiger partial charge < -0.3 is 4.90 Å². The molecule has 1 aliphatic rings. The number of fused-ring (bicyclic) bond motifs is 1. The summed E-state index contributed by atoms with van der Waals surface area (Å²) in [5.41, 5.74) is 2.83. The maximum Gasteiger partial charge on any atom is 0.253 e. The summed E-state index contributed by atoms with van der Waals surface area (Å²) in [6, 6.07) is 3.54. The van der Waals surface area contributed by atoms with Crippen molar-refractivity contribution >= 4 is 11.4 Å². The standard InChI is InChI=1S/C18H19N5O/c1-13-21-10-16-9-20-11-17(23(13)16)15-3-2-8-22(12-15)18(24)14-4-6-19-7-5-14/h4-7,9-11,15H,2-3,8,12H2,1H3/t15-/m0/s1. The Hall–Kier alpha value is -2.76. The number of nitrogens with zero attached hydrogens (tertiary/aromatic N) is 5. The van der Waals surface area contributed by atoms with Gasteiger partial charge in [-0.1, -0.05) is 0 Å². The molecule has 3 aromatic rings. The van der Waals surface area contributed by atoms with Crippen molar-refractivity contribution in [1.82, 2.24) is 24.3 Å². The maximum atomic E-state index is 12.7. The molecule has 122 valence electrons. The summed E-state index contributed by atoms with van der Waals surface area (Å²) < 4.78 is 2.15. The largest absolute Gasteiger partial charge is 0.338 e. The molecule has 0 unspecified atom stereocenters. The summed E-state index contributed by atoms with van der Waals surface area (Å²) in [5.74, 6) is 1.30. The first-order valence-corrected chi connectivity index (χ1v) is 8.21. The Kier molecular flexibility index (Phi) is 3.72. The van der Waals surface area contributed by atoms with Crippen LogP contribution >= 0.6 is 0 Å². The molecule has 24 heavy (non-hydrogen) atoms. The number of likely N-dealkylation sites (tertiary alicyclic amines) is 1. The molecule has 0 bridgehead atoms. The Balaban J connectivity index is 1.63. The van der Waals surface area contributed by atoms with E-state index >= 15 is 0 Å². The van der Waals surface area contributed by atoms with Crippen molar-refractivity contribution < 1.29 is 4.79 Å². The highest BCUT2D eigenvalue weighted by atomic mass is 16.2. The Bertz CT molecular complexity index is 874. The number of aromatic nitrogens is 4. The van der Waals surface area contributed by atoms with Gasteiger partial charge in [-0.25, -0.2) is 4.98 Å². The van der Waals surface area contributed by atoms with E-state index in [0.29, 0.717) is 12.1 Å². The van der Waals surface area contributed by atoms with Gasteiger partial charge in [0.2, 0.25) is 0 Å². The lowest BCUT2D eigenvalue weighted by Crippen LogP contribution is -2.39. The highest BCUT2D eigenvalue weighted by Gasteiger charge is 2.27. The van der Waals surface area contributed by atoms with Crippen LogP contribution in [0.25, 0.3) is 5.52 Å². The fourth-order valence-corrected chi connectivity index (χ4v) is 3.50. The van der Waals surface area contributed by atoms with E-state index in [1.807, 2.05) is 30.4 Å². The van der Waals surface area contributed by atoms with Crippen molar-refractivity contribution in [2.24, 2.45) is 0 Å². The molecule has 1 saturated heterocycles. The SMILES string of the molecule is Cc1ncc2cncc([C@H]3CCCN(C(=O)c4ccncc4)C3)n12. The number of imidazole rings is 1. The lowest BCUT2D eigenvalue weighted by atomic mass is 9.94. The van der Waals surface area contributed by atoms with E-state index in [4.69, 9.17) is 0 Å². The molecule has 0 radical (unpaired) electrons. The summed E-state index contributed by atoms with van der Waals surface area (Å²) in [4.78, 5) is 27.4. The van der Waals surface area contributed by atoms with E-state index in [0.717, 1.165) is 36.4 Å². The van der Waals surface area contributed by atoms with Crippen LogP contribution < -0.4 is 0 Å². The Morgan fingerprint density at radius 2 is 2.00 bits per heavy atom. The average Bonchev–Trinajstić information content (AvgIpc) is 3.03. The first-order valence-electron chi connectivity index (χ1n) is 8.21. The van der Waals surface area contributed by atoms with E-state index in [9.17, 15) is 4.79 Å².